The smallest absolute Gasteiger partial charge is 0.271 e. The number of aliphatic hydroxyl groups is 1. The van der Waals surface area contributed by atoms with Crippen molar-refractivity contribution in [2.24, 2.45) is 10.2 Å². The SMILES string of the molecule is Cc1c(C#N)c(NCCO)nc(N)c1N=Nc1cc([N+](=O)[O-])ccc1O. The van der Waals surface area contributed by atoms with Gasteiger partial charge in [0.2, 0.25) is 0 Å². The molecule has 0 radical (unpaired) electrons. The third-order valence-electron chi connectivity index (χ3n) is 3.39. The Morgan fingerprint density at radius 2 is 2.19 bits per heavy atom. The lowest BCUT2D eigenvalue weighted by Crippen LogP contribution is -2.10. The van der Waals surface area contributed by atoms with Gasteiger partial charge in [-0.2, -0.15) is 5.26 Å². The summed E-state index contributed by atoms with van der Waals surface area (Å²) in [5.74, 6) is -0.130. The van der Waals surface area contributed by atoms with Gasteiger partial charge in [0.05, 0.1) is 17.1 Å². The predicted molar refractivity (Wildman–Crippen MR) is 92.6 cm³/mol. The maximum Gasteiger partial charge on any atom is 0.271 e. The summed E-state index contributed by atoms with van der Waals surface area (Å²) < 4.78 is 0. The Morgan fingerprint density at radius 3 is 2.81 bits per heavy atom. The number of nitro benzene ring substituents is 1. The number of pyridine rings is 1. The molecule has 0 saturated carbocycles. The second kappa shape index (κ2) is 7.86. The molecule has 0 spiro atoms. The number of hydrogen-bond acceptors (Lipinski definition) is 10. The number of aliphatic hydroxyl groups excluding tert-OH is 1. The molecule has 11 nitrogen and oxygen atoms in total. The van der Waals surface area contributed by atoms with Crippen LogP contribution in [0, 0.1) is 28.4 Å². The highest BCUT2D eigenvalue weighted by molar-refractivity contribution is 5.73. The molecule has 5 N–H and O–H groups in total. The minimum absolute atomic E-state index is 0.0318. The highest BCUT2D eigenvalue weighted by Crippen LogP contribution is 2.35. The number of azo groups is 1. The third-order valence-corrected chi connectivity index (χ3v) is 3.39. The second-order valence-corrected chi connectivity index (χ2v) is 5.09. The molecule has 0 bridgehead atoms. The van der Waals surface area contributed by atoms with E-state index in [1.54, 1.807) is 6.92 Å². The number of nitrogen functional groups attached to an aromatic ring is 1. The van der Waals surface area contributed by atoms with E-state index in [4.69, 9.17) is 10.8 Å². The average molecular weight is 357 g/mol. The summed E-state index contributed by atoms with van der Waals surface area (Å²) in [5, 5.41) is 49.2. The Kier molecular flexibility index (Phi) is 5.61. The number of nitrogens with zero attached hydrogens (tertiary/aromatic N) is 5. The number of nitrogens with two attached hydrogens (primary N) is 1. The molecular formula is C15H15N7O4. The van der Waals surface area contributed by atoms with Crippen molar-refractivity contribution in [3.05, 3.63) is 39.4 Å². The number of aromatic nitrogens is 1. The number of rotatable bonds is 6. The van der Waals surface area contributed by atoms with Crippen molar-refractivity contribution >= 4 is 28.7 Å². The van der Waals surface area contributed by atoms with Crippen LogP contribution in [0.15, 0.2) is 28.4 Å². The molecule has 2 rings (SSSR count). The van der Waals surface area contributed by atoms with Crippen molar-refractivity contribution in [2.45, 2.75) is 6.92 Å². The normalized spacial score (nSPS) is 10.7. The van der Waals surface area contributed by atoms with Crippen molar-refractivity contribution in [3.63, 3.8) is 0 Å². The molecule has 1 aromatic carbocycles. The zero-order chi connectivity index (χ0) is 19.3. The van der Waals surface area contributed by atoms with Crippen molar-refractivity contribution in [1.82, 2.24) is 4.98 Å². The van der Waals surface area contributed by atoms with Gasteiger partial charge in [-0.15, -0.1) is 10.2 Å². The number of nitrogens with one attached hydrogen (secondary N) is 1. The van der Waals surface area contributed by atoms with Crippen LogP contribution in [0.3, 0.4) is 0 Å². The van der Waals surface area contributed by atoms with Gasteiger partial charge >= 0.3 is 0 Å². The molecule has 0 saturated heterocycles. The van der Waals surface area contributed by atoms with Crippen molar-refractivity contribution in [2.75, 3.05) is 24.2 Å². The minimum Gasteiger partial charge on any atom is -0.506 e. The molecule has 134 valence electrons. The summed E-state index contributed by atoms with van der Waals surface area (Å²) in [5.41, 5.74) is 6.11. The van der Waals surface area contributed by atoms with E-state index in [1.807, 2.05) is 6.07 Å². The number of nitriles is 1. The van der Waals surface area contributed by atoms with Gasteiger partial charge in [-0.3, -0.25) is 10.1 Å². The minimum atomic E-state index is -0.630. The zero-order valence-corrected chi connectivity index (χ0v) is 13.7. The van der Waals surface area contributed by atoms with Crippen LogP contribution in [0.1, 0.15) is 11.1 Å². The van der Waals surface area contributed by atoms with Crippen LogP contribution in [0.2, 0.25) is 0 Å². The van der Waals surface area contributed by atoms with E-state index in [-0.39, 0.29) is 53.2 Å². The van der Waals surface area contributed by atoms with Crippen LogP contribution in [0.25, 0.3) is 0 Å². The van der Waals surface area contributed by atoms with Gasteiger partial charge in [0.1, 0.15) is 29.0 Å². The average Bonchev–Trinajstić information content (AvgIpc) is 2.60. The number of aromatic hydroxyl groups is 1. The Balaban J connectivity index is 2.47. The lowest BCUT2D eigenvalue weighted by Gasteiger charge is -2.11. The van der Waals surface area contributed by atoms with E-state index in [9.17, 15) is 20.5 Å². The van der Waals surface area contributed by atoms with Crippen molar-refractivity contribution < 1.29 is 15.1 Å². The van der Waals surface area contributed by atoms with E-state index in [0.29, 0.717) is 5.56 Å². The Morgan fingerprint density at radius 1 is 1.46 bits per heavy atom. The molecular weight excluding hydrogens is 342 g/mol. The van der Waals surface area contributed by atoms with Gasteiger partial charge in [0.25, 0.3) is 5.69 Å². The van der Waals surface area contributed by atoms with E-state index >= 15 is 0 Å². The second-order valence-electron chi connectivity index (χ2n) is 5.09. The van der Waals surface area contributed by atoms with Gasteiger partial charge < -0.3 is 21.3 Å². The molecule has 1 aromatic heterocycles. The number of phenolic OH excluding ortho intramolecular Hbond substituents is 1. The van der Waals surface area contributed by atoms with Crippen LogP contribution >= 0.6 is 0 Å². The quantitative estimate of drug-likeness (QED) is 0.344. The highest BCUT2D eigenvalue weighted by atomic mass is 16.6. The summed E-state index contributed by atoms with van der Waals surface area (Å²) >= 11 is 0. The number of non-ortho nitro benzene ring substituents is 1. The molecule has 0 amide bonds. The number of benzene rings is 1. The van der Waals surface area contributed by atoms with E-state index < -0.39 is 4.92 Å². The maximum atomic E-state index is 10.8. The lowest BCUT2D eigenvalue weighted by atomic mass is 10.1. The summed E-state index contributed by atoms with van der Waals surface area (Å²) in [6, 6.07) is 5.29. The monoisotopic (exact) mass is 357 g/mol. The highest BCUT2D eigenvalue weighted by Gasteiger charge is 2.16. The van der Waals surface area contributed by atoms with Gasteiger partial charge in [0, 0.05) is 24.2 Å². The first-order chi connectivity index (χ1) is 12.4. The first-order valence-corrected chi connectivity index (χ1v) is 7.33. The van der Waals surface area contributed by atoms with E-state index in [1.165, 1.54) is 0 Å². The van der Waals surface area contributed by atoms with Gasteiger partial charge in [-0.25, -0.2) is 4.98 Å². The van der Waals surface area contributed by atoms with Crippen molar-refractivity contribution in [1.29, 1.82) is 5.26 Å². The summed E-state index contributed by atoms with van der Waals surface area (Å²) in [6.07, 6.45) is 0. The number of nitro groups is 1. The maximum absolute atomic E-state index is 10.8. The van der Waals surface area contributed by atoms with Crippen molar-refractivity contribution in [3.8, 4) is 11.8 Å². The predicted octanol–water partition coefficient (Wildman–Crippen LogP) is 2.28. The summed E-state index contributed by atoms with van der Waals surface area (Å²) in [6.45, 7) is 1.62. The van der Waals surface area contributed by atoms with E-state index in [2.05, 4.69) is 20.5 Å². The lowest BCUT2D eigenvalue weighted by molar-refractivity contribution is -0.384. The molecule has 0 aliphatic carbocycles. The van der Waals surface area contributed by atoms with Crippen LogP contribution < -0.4 is 11.1 Å². The van der Waals surface area contributed by atoms with Crippen LogP contribution in [0.4, 0.5) is 28.7 Å². The number of anilines is 2. The molecule has 2 aromatic rings. The standard InChI is InChI=1S/C15H15N7O4/c1-8-10(7-16)15(18-4-5-23)19-14(17)13(8)21-20-11-6-9(22(25)26)2-3-12(11)24/h2-3,6,23-24H,4-5H2,1H3,(H3,17,18,19). The Labute approximate surface area is 147 Å². The fraction of sp³-hybridized carbons (Fsp3) is 0.200. The molecule has 1 heterocycles. The zero-order valence-electron chi connectivity index (χ0n) is 13.7. The Hall–Kier alpha value is -3.78. The fourth-order valence-electron chi connectivity index (χ4n) is 2.09. The molecule has 26 heavy (non-hydrogen) atoms. The third kappa shape index (κ3) is 3.82. The summed E-state index contributed by atoms with van der Waals surface area (Å²) in [4.78, 5) is 14.2. The molecule has 0 aliphatic heterocycles. The molecule has 11 heteroatoms. The van der Waals surface area contributed by atoms with Gasteiger partial charge in [-0.1, -0.05) is 0 Å². The van der Waals surface area contributed by atoms with Gasteiger partial charge in [0.15, 0.2) is 5.82 Å². The Bertz CT molecular complexity index is 921. The summed E-state index contributed by atoms with van der Waals surface area (Å²) in [7, 11) is 0. The topological polar surface area (TPSA) is 183 Å². The van der Waals surface area contributed by atoms with E-state index in [0.717, 1.165) is 18.2 Å². The molecule has 0 atom stereocenters. The molecule has 0 fully saturated rings. The van der Waals surface area contributed by atoms with Crippen LogP contribution in [-0.2, 0) is 0 Å². The number of phenols is 1. The molecule has 0 unspecified atom stereocenters. The van der Waals surface area contributed by atoms with Gasteiger partial charge in [-0.05, 0) is 13.0 Å². The fourth-order valence-corrected chi connectivity index (χ4v) is 2.09. The largest absolute Gasteiger partial charge is 0.506 e. The van der Waals surface area contributed by atoms with Crippen LogP contribution in [0.5, 0.6) is 5.75 Å². The molecule has 0 aliphatic rings. The number of hydrogen-bond donors (Lipinski definition) is 4. The first-order valence-electron chi connectivity index (χ1n) is 7.33. The van der Waals surface area contributed by atoms with Crippen LogP contribution in [-0.4, -0.2) is 33.3 Å². The first kappa shape index (κ1) is 18.6.